The molecule has 3 rings (SSSR count). The molecule has 126 valence electrons. The van der Waals surface area contributed by atoms with Gasteiger partial charge in [0.1, 0.15) is 0 Å². The lowest BCUT2D eigenvalue weighted by Gasteiger charge is -2.16. The van der Waals surface area contributed by atoms with Gasteiger partial charge < -0.3 is 9.47 Å². The molecule has 0 spiro atoms. The standard InChI is InChI=1S/C18H21N3OS2/c1-13-16(24-12-19-13)8-9-20(2)18(22)11-23-17-10-21(3)15-7-5-4-6-14(15)17/h4-7,10,12H,8-9,11H2,1-3H3. The summed E-state index contributed by atoms with van der Waals surface area (Å²) in [5.74, 6) is 0.627. The van der Waals surface area contributed by atoms with E-state index in [1.807, 2.05) is 43.6 Å². The third-order valence-electron chi connectivity index (χ3n) is 4.16. The van der Waals surface area contributed by atoms with E-state index >= 15 is 0 Å². The smallest absolute Gasteiger partial charge is 0.232 e. The number of rotatable bonds is 6. The van der Waals surface area contributed by atoms with Crippen LogP contribution in [0.25, 0.3) is 10.9 Å². The molecule has 1 amide bonds. The van der Waals surface area contributed by atoms with Crippen LogP contribution in [-0.4, -0.2) is 39.7 Å². The highest BCUT2D eigenvalue weighted by atomic mass is 32.2. The van der Waals surface area contributed by atoms with Gasteiger partial charge in [0, 0.05) is 53.9 Å². The fourth-order valence-corrected chi connectivity index (χ4v) is 4.46. The summed E-state index contributed by atoms with van der Waals surface area (Å²) in [6.07, 6.45) is 2.97. The largest absolute Gasteiger partial charge is 0.349 e. The third kappa shape index (κ3) is 3.65. The molecule has 24 heavy (non-hydrogen) atoms. The topological polar surface area (TPSA) is 38.1 Å². The highest BCUT2D eigenvalue weighted by Crippen LogP contribution is 2.29. The summed E-state index contributed by atoms with van der Waals surface area (Å²) in [5.41, 5.74) is 4.13. The second-order valence-corrected chi connectivity index (χ2v) is 7.79. The van der Waals surface area contributed by atoms with Crippen LogP contribution in [0.15, 0.2) is 40.9 Å². The predicted octanol–water partition coefficient (Wildman–Crippen LogP) is 3.74. The van der Waals surface area contributed by atoms with E-state index in [9.17, 15) is 4.79 Å². The first-order valence-electron chi connectivity index (χ1n) is 7.86. The van der Waals surface area contributed by atoms with Crippen molar-refractivity contribution in [2.75, 3.05) is 19.3 Å². The molecule has 0 saturated heterocycles. The number of para-hydroxylation sites is 1. The van der Waals surface area contributed by atoms with Crippen molar-refractivity contribution < 1.29 is 4.79 Å². The quantitative estimate of drug-likeness (QED) is 0.629. The lowest BCUT2D eigenvalue weighted by molar-refractivity contribution is -0.127. The Balaban J connectivity index is 1.57. The van der Waals surface area contributed by atoms with Crippen LogP contribution in [0, 0.1) is 6.92 Å². The summed E-state index contributed by atoms with van der Waals surface area (Å²) in [6.45, 7) is 2.75. The van der Waals surface area contributed by atoms with Crippen LogP contribution in [-0.2, 0) is 18.3 Å². The van der Waals surface area contributed by atoms with Gasteiger partial charge in [-0.05, 0) is 13.0 Å². The maximum absolute atomic E-state index is 12.4. The minimum Gasteiger partial charge on any atom is -0.349 e. The summed E-state index contributed by atoms with van der Waals surface area (Å²) in [4.78, 5) is 20.9. The SMILES string of the molecule is Cc1ncsc1CCN(C)C(=O)CSc1cn(C)c2ccccc12. The van der Waals surface area contributed by atoms with Crippen molar-refractivity contribution in [1.82, 2.24) is 14.5 Å². The zero-order valence-electron chi connectivity index (χ0n) is 14.2. The fourth-order valence-electron chi connectivity index (χ4n) is 2.63. The monoisotopic (exact) mass is 359 g/mol. The number of hydrogen-bond acceptors (Lipinski definition) is 4. The van der Waals surface area contributed by atoms with Crippen LogP contribution in [0.5, 0.6) is 0 Å². The molecule has 1 aromatic carbocycles. The Morgan fingerprint density at radius 1 is 1.38 bits per heavy atom. The molecule has 0 unspecified atom stereocenters. The van der Waals surface area contributed by atoms with Gasteiger partial charge in [0.2, 0.25) is 5.91 Å². The number of aryl methyl sites for hydroxylation is 2. The second-order valence-electron chi connectivity index (χ2n) is 5.84. The summed E-state index contributed by atoms with van der Waals surface area (Å²) in [7, 11) is 3.92. The van der Waals surface area contributed by atoms with E-state index in [1.54, 1.807) is 23.1 Å². The van der Waals surface area contributed by atoms with E-state index < -0.39 is 0 Å². The molecule has 6 heteroatoms. The molecule has 0 bridgehead atoms. The van der Waals surface area contributed by atoms with Crippen molar-refractivity contribution in [1.29, 1.82) is 0 Å². The maximum atomic E-state index is 12.4. The molecular formula is C18H21N3OS2. The van der Waals surface area contributed by atoms with Crippen molar-refractivity contribution in [3.05, 3.63) is 46.5 Å². The average molecular weight is 360 g/mol. The molecule has 0 aliphatic rings. The zero-order valence-corrected chi connectivity index (χ0v) is 15.8. The number of likely N-dealkylation sites (N-methyl/N-ethyl adjacent to an activating group) is 1. The lowest BCUT2D eigenvalue weighted by atomic mass is 10.2. The average Bonchev–Trinajstić information content (AvgIpc) is 3.14. The lowest BCUT2D eigenvalue weighted by Crippen LogP contribution is -2.30. The van der Waals surface area contributed by atoms with Gasteiger partial charge in [-0.3, -0.25) is 4.79 Å². The Labute approximate surface area is 150 Å². The molecule has 0 saturated carbocycles. The molecule has 3 aromatic rings. The number of thioether (sulfide) groups is 1. The first-order chi connectivity index (χ1) is 11.6. The molecular weight excluding hydrogens is 338 g/mol. The van der Waals surface area contributed by atoms with Crippen LogP contribution in [0.3, 0.4) is 0 Å². The Morgan fingerprint density at radius 2 is 2.17 bits per heavy atom. The number of carbonyl (C=O) groups is 1. The first-order valence-corrected chi connectivity index (χ1v) is 9.72. The van der Waals surface area contributed by atoms with Crippen molar-refractivity contribution in [3.63, 3.8) is 0 Å². The number of carbonyl (C=O) groups excluding carboxylic acids is 1. The molecule has 0 atom stereocenters. The highest BCUT2D eigenvalue weighted by molar-refractivity contribution is 8.00. The van der Waals surface area contributed by atoms with Gasteiger partial charge in [-0.15, -0.1) is 23.1 Å². The molecule has 0 aliphatic carbocycles. The van der Waals surface area contributed by atoms with E-state index in [2.05, 4.69) is 27.9 Å². The molecule has 4 nitrogen and oxygen atoms in total. The van der Waals surface area contributed by atoms with Crippen molar-refractivity contribution >= 4 is 39.9 Å². The number of thiazole rings is 1. The van der Waals surface area contributed by atoms with E-state index in [-0.39, 0.29) is 5.91 Å². The van der Waals surface area contributed by atoms with Crippen LogP contribution in [0.1, 0.15) is 10.6 Å². The number of fused-ring (bicyclic) bond motifs is 1. The van der Waals surface area contributed by atoms with Crippen LogP contribution in [0.2, 0.25) is 0 Å². The normalized spacial score (nSPS) is 11.1. The van der Waals surface area contributed by atoms with Gasteiger partial charge in [-0.25, -0.2) is 4.98 Å². The molecule has 0 fully saturated rings. The van der Waals surface area contributed by atoms with Crippen molar-refractivity contribution in [2.24, 2.45) is 7.05 Å². The molecule has 0 aliphatic heterocycles. The summed E-state index contributed by atoms with van der Waals surface area (Å²) in [6, 6.07) is 8.29. The van der Waals surface area contributed by atoms with Crippen LogP contribution < -0.4 is 0 Å². The number of nitrogens with zero attached hydrogens (tertiary/aromatic N) is 3. The number of benzene rings is 1. The minimum atomic E-state index is 0.162. The van der Waals surface area contributed by atoms with Crippen molar-refractivity contribution in [3.8, 4) is 0 Å². The molecule has 0 N–H and O–H groups in total. The maximum Gasteiger partial charge on any atom is 0.232 e. The van der Waals surface area contributed by atoms with Gasteiger partial charge >= 0.3 is 0 Å². The van der Waals surface area contributed by atoms with Gasteiger partial charge in [-0.2, -0.15) is 0 Å². The van der Waals surface area contributed by atoms with Crippen LogP contribution in [0.4, 0.5) is 0 Å². The molecule has 2 heterocycles. The van der Waals surface area contributed by atoms with E-state index in [1.165, 1.54) is 15.8 Å². The van der Waals surface area contributed by atoms with Gasteiger partial charge in [0.15, 0.2) is 0 Å². The summed E-state index contributed by atoms with van der Waals surface area (Å²) >= 11 is 3.27. The van der Waals surface area contributed by atoms with E-state index in [4.69, 9.17) is 0 Å². The van der Waals surface area contributed by atoms with Gasteiger partial charge in [0.05, 0.1) is 17.0 Å². The Hall–Kier alpha value is -1.79. The van der Waals surface area contributed by atoms with E-state index in [0.717, 1.165) is 23.6 Å². The third-order valence-corrected chi connectivity index (χ3v) is 6.18. The minimum absolute atomic E-state index is 0.162. The Kier molecular flexibility index (Phi) is 5.26. The molecule has 0 radical (unpaired) electrons. The Bertz CT molecular complexity index is 853. The highest BCUT2D eigenvalue weighted by Gasteiger charge is 2.13. The number of hydrogen-bond donors (Lipinski definition) is 0. The second kappa shape index (κ2) is 7.40. The summed E-state index contributed by atoms with van der Waals surface area (Å²) in [5, 5.41) is 1.21. The number of aromatic nitrogens is 2. The first kappa shape index (κ1) is 17.0. The Morgan fingerprint density at radius 3 is 2.92 bits per heavy atom. The van der Waals surface area contributed by atoms with Gasteiger partial charge in [0.25, 0.3) is 0 Å². The van der Waals surface area contributed by atoms with Crippen molar-refractivity contribution in [2.45, 2.75) is 18.2 Å². The zero-order chi connectivity index (χ0) is 17.1. The molecule has 2 aromatic heterocycles. The predicted molar refractivity (Wildman–Crippen MR) is 102 cm³/mol. The number of amides is 1. The van der Waals surface area contributed by atoms with Gasteiger partial charge in [-0.1, -0.05) is 18.2 Å². The van der Waals surface area contributed by atoms with Crippen LogP contribution >= 0.6 is 23.1 Å². The fraction of sp³-hybridized carbons (Fsp3) is 0.333. The summed E-state index contributed by atoms with van der Waals surface area (Å²) < 4.78 is 2.11. The van der Waals surface area contributed by atoms with E-state index in [0.29, 0.717) is 5.75 Å².